The van der Waals surface area contributed by atoms with E-state index in [-0.39, 0.29) is 6.61 Å². The van der Waals surface area contributed by atoms with Gasteiger partial charge in [0.25, 0.3) is 0 Å². The molecule has 0 saturated carbocycles. The Balaban J connectivity index is 0. The van der Waals surface area contributed by atoms with Crippen LogP contribution in [0.25, 0.3) is 0 Å². The van der Waals surface area contributed by atoms with Gasteiger partial charge in [0.1, 0.15) is 12.2 Å². The highest BCUT2D eigenvalue weighted by molar-refractivity contribution is 4.64. The maximum absolute atomic E-state index is 9.57. The summed E-state index contributed by atoms with van der Waals surface area (Å²) in [4.78, 5) is 0. The van der Waals surface area contributed by atoms with Gasteiger partial charge in [-0.05, 0) is 26.7 Å². The predicted molar refractivity (Wildman–Crippen MR) is 105 cm³/mol. The van der Waals surface area contributed by atoms with E-state index in [1.54, 1.807) is 0 Å². The molecule has 26 heavy (non-hydrogen) atoms. The van der Waals surface area contributed by atoms with Crippen LogP contribution < -0.4 is 0 Å². The largest absolute Gasteiger partial charge is 0.394 e. The number of rotatable bonds is 17. The minimum absolute atomic E-state index is 0.166. The molecule has 160 valence electrons. The molecule has 0 aliphatic heterocycles. The van der Waals surface area contributed by atoms with Gasteiger partial charge in [-0.3, -0.25) is 0 Å². The Labute approximate surface area is 160 Å². The van der Waals surface area contributed by atoms with Crippen LogP contribution in [-0.2, 0) is 9.47 Å². The molecule has 0 aliphatic rings. The zero-order valence-corrected chi connectivity index (χ0v) is 17.2. The van der Waals surface area contributed by atoms with E-state index in [1.165, 1.54) is 44.9 Å². The third-order valence-corrected chi connectivity index (χ3v) is 4.05. The van der Waals surface area contributed by atoms with Crippen molar-refractivity contribution in [3.8, 4) is 0 Å². The molecule has 0 saturated heterocycles. The third kappa shape index (κ3) is 21.8. The van der Waals surface area contributed by atoms with Gasteiger partial charge in [-0.2, -0.15) is 0 Å². The lowest BCUT2D eigenvalue weighted by molar-refractivity contribution is -0.143. The lowest BCUT2D eigenvalue weighted by Crippen LogP contribution is -2.34. The predicted octanol–water partition coefficient (Wildman–Crippen LogP) is 3.00. The van der Waals surface area contributed by atoms with E-state index < -0.39 is 25.1 Å². The summed E-state index contributed by atoms with van der Waals surface area (Å²) in [7, 11) is 0. The number of aliphatic hydroxyl groups is 4. The van der Waals surface area contributed by atoms with Gasteiger partial charge in [-0.15, -0.1) is 0 Å². The molecule has 0 heterocycles. The van der Waals surface area contributed by atoms with Crippen molar-refractivity contribution in [2.24, 2.45) is 0 Å². The van der Waals surface area contributed by atoms with Crippen molar-refractivity contribution in [3.05, 3.63) is 0 Å². The number of hydrogen-bond acceptors (Lipinski definition) is 6. The van der Waals surface area contributed by atoms with E-state index in [4.69, 9.17) is 19.7 Å². The Kier molecular flexibility index (Phi) is 24.5. The molecule has 0 aromatic carbocycles. The Morgan fingerprint density at radius 1 is 0.692 bits per heavy atom. The average Bonchev–Trinajstić information content (AvgIpc) is 2.65. The monoisotopic (exact) mass is 380 g/mol. The molecule has 0 rings (SSSR count). The topological polar surface area (TPSA) is 99.4 Å². The molecule has 0 aliphatic carbocycles. The summed E-state index contributed by atoms with van der Waals surface area (Å²) >= 11 is 0. The standard InChI is InChI=1S/C16H34O5.C4H10O/c1-2-3-4-5-6-7-8-9-10-11-16(20)21-13-15(19)14(18)12-17;1-3-5-4-2/h14-20H,2-13H2,1H3;3-4H2,1-2H3/t14-,15+,16?;/m1./s1. The van der Waals surface area contributed by atoms with Gasteiger partial charge in [0.2, 0.25) is 0 Å². The van der Waals surface area contributed by atoms with Crippen molar-refractivity contribution in [1.29, 1.82) is 0 Å². The smallest absolute Gasteiger partial charge is 0.154 e. The molecule has 0 fully saturated rings. The second-order valence-corrected chi connectivity index (χ2v) is 6.50. The van der Waals surface area contributed by atoms with E-state index in [0.29, 0.717) is 6.42 Å². The molecule has 3 atom stereocenters. The van der Waals surface area contributed by atoms with Crippen LogP contribution in [0, 0.1) is 0 Å². The molecule has 0 radical (unpaired) electrons. The SMILES string of the molecule is CCCCCCCCCCCC(O)OC[C@H](O)[C@H](O)CO.CCOCC. The van der Waals surface area contributed by atoms with Crippen LogP contribution in [-0.4, -0.2) is 65.4 Å². The molecular weight excluding hydrogens is 336 g/mol. The summed E-state index contributed by atoms with van der Waals surface area (Å²) in [5, 5.41) is 36.7. The van der Waals surface area contributed by atoms with E-state index in [1.807, 2.05) is 13.8 Å². The van der Waals surface area contributed by atoms with Gasteiger partial charge < -0.3 is 29.9 Å². The fraction of sp³-hybridized carbons (Fsp3) is 1.00. The van der Waals surface area contributed by atoms with E-state index in [9.17, 15) is 10.2 Å². The number of ether oxygens (including phenoxy) is 2. The van der Waals surface area contributed by atoms with Crippen LogP contribution in [0.3, 0.4) is 0 Å². The maximum atomic E-state index is 9.57. The highest BCUT2D eigenvalue weighted by atomic mass is 16.6. The molecular formula is C20H44O6. The van der Waals surface area contributed by atoms with Crippen molar-refractivity contribution in [1.82, 2.24) is 0 Å². The van der Waals surface area contributed by atoms with Crippen molar-refractivity contribution < 1.29 is 29.9 Å². The highest BCUT2D eigenvalue weighted by Crippen LogP contribution is 2.12. The molecule has 0 amide bonds. The summed E-state index contributed by atoms with van der Waals surface area (Å²) in [5.41, 5.74) is 0. The molecule has 1 unspecified atom stereocenters. The lowest BCUT2D eigenvalue weighted by Gasteiger charge is -2.18. The van der Waals surface area contributed by atoms with E-state index in [2.05, 4.69) is 6.92 Å². The van der Waals surface area contributed by atoms with E-state index >= 15 is 0 Å². The second-order valence-electron chi connectivity index (χ2n) is 6.50. The fourth-order valence-corrected chi connectivity index (χ4v) is 2.36. The Morgan fingerprint density at radius 2 is 1.19 bits per heavy atom. The van der Waals surface area contributed by atoms with E-state index in [0.717, 1.165) is 26.1 Å². The number of aliphatic hydroxyl groups excluding tert-OH is 4. The summed E-state index contributed by atoms with van der Waals surface area (Å²) in [5.74, 6) is 0. The van der Waals surface area contributed by atoms with Crippen molar-refractivity contribution in [2.75, 3.05) is 26.4 Å². The highest BCUT2D eigenvalue weighted by Gasteiger charge is 2.16. The maximum Gasteiger partial charge on any atom is 0.154 e. The van der Waals surface area contributed by atoms with Crippen LogP contribution in [0.1, 0.15) is 85.0 Å². The van der Waals surface area contributed by atoms with Gasteiger partial charge in [-0.1, -0.05) is 58.3 Å². The van der Waals surface area contributed by atoms with Crippen molar-refractivity contribution >= 4 is 0 Å². The van der Waals surface area contributed by atoms with Gasteiger partial charge >= 0.3 is 0 Å². The summed E-state index contributed by atoms with van der Waals surface area (Å²) in [6.45, 7) is 7.20. The first-order valence-electron chi connectivity index (χ1n) is 10.4. The first-order chi connectivity index (χ1) is 12.5. The molecule has 0 aromatic heterocycles. The number of hydrogen-bond donors (Lipinski definition) is 4. The Bertz CT molecular complexity index is 250. The molecule has 0 bridgehead atoms. The van der Waals surface area contributed by atoms with Crippen LogP contribution in [0.15, 0.2) is 0 Å². The van der Waals surface area contributed by atoms with Gasteiger partial charge in [0, 0.05) is 13.2 Å². The Hall–Kier alpha value is -0.240. The quantitative estimate of drug-likeness (QED) is 0.229. The van der Waals surface area contributed by atoms with Crippen LogP contribution >= 0.6 is 0 Å². The third-order valence-electron chi connectivity index (χ3n) is 4.05. The lowest BCUT2D eigenvalue weighted by atomic mass is 10.1. The minimum atomic E-state index is -1.22. The molecule has 0 spiro atoms. The summed E-state index contributed by atoms with van der Waals surface area (Å²) in [6.07, 6.45) is 8.24. The normalized spacial score (nSPS) is 14.4. The first kappa shape index (κ1) is 28.0. The zero-order valence-electron chi connectivity index (χ0n) is 17.2. The Morgan fingerprint density at radius 3 is 1.62 bits per heavy atom. The summed E-state index contributed by atoms with van der Waals surface area (Å²) in [6, 6.07) is 0. The molecule has 6 heteroatoms. The van der Waals surface area contributed by atoms with Gasteiger partial charge in [0.15, 0.2) is 6.29 Å². The van der Waals surface area contributed by atoms with Gasteiger partial charge in [-0.25, -0.2) is 0 Å². The average molecular weight is 381 g/mol. The molecule has 4 N–H and O–H groups in total. The minimum Gasteiger partial charge on any atom is -0.394 e. The summed E-state index contributed by atoms with van der Waals surface area (Å²) < 4.78 is 9.87. The molecule has 6 nitrogen and oxygen atoms in total. The van der Waals surface area contributed by atoms with Crippen molar-refractivity contribution in [3.63, 3.8) is 0 Å². The van der Waals surface area contributed by atoms with Crippen LogP contribution in [0.5, 0.6) is 0 Å². The second kappa shape index (κ2) is 22.8. The van der Waals surface area contributed by atoms with Gasteiger partial charge in [0.05, 0.1) is 13.2 Å². The number of unbranched alkanes of at least 4 members (excludes halogenated alkanes) is 8. The van der Waals surface area contributed by atoms with Crippen LogP contribution in [0.2, 0.25) is 0 Å². The zero-order chi connectivity index (χ0) is 20.0. The fourth-order valence-electron chi connectivity index (χ4n) is 2.36. The molecule has 0 aromatic rings. The first-order valence-corrected chi connectivity index (χ1v) is 10.4. The van der Waals surface area contributed by atoms with Crippen LogP contribution in [0.4, 0.5) is 0 Å². The van der Waals surface area contributed by atoms with Crippen molar-refractivity contribution in [2.45, 2.75) is 103 Å².